The van der Waals surface area contributed by atoms with E-state index in [2.05, 4.69) is 36.8 Å². The van der Waals surface area contributed by atoms with Crippen LogP contribution in [-0.2, 0) is 9.59 Å². The third kappa shape index (κ3) is 10.5. The molecule has 0 saturated carbocycles. The predicted octanol–water partition coefficient (Wildman–Crippen LogP) is 2.47. The number of nitrogens with zero attached hydrogens (tertiary/aromatic N) is 1. The van der Waals surface area contributed by atoms with Crippen LogP contribution in [0, 0.1) is 0 Å². The molecule has 0 saturated heterocycles. The Morgan fingerprint density at radius 1 is 1.30 bits per heavy atom. The fourth-order valence-corrected chi connectivity index (χ4v) is 2.33. The van der Waals surface area contributed by atoms with Crippen molar-refractivity contribution in [1.29, 1.82) is 0 Å². The minimum atomic E-state index is -0.473. The number of rotatable bonds is 10. The molecule has 0 aliphatic heterocycles. The minimum absolute atomic E-state index is 0.0585. The summed E-state index contributed by atoms with van der Waals surface area (Å²) >= 11 is 0. The maximum atomic E-state index is 12.5. The Morgan fingerprint density at radius 3 is 2.37 bits per heavy atom. The van der Waals surface area contributed by atoms with Crippen molar-refractivity contribution in [2.75, 3.05) is 13.2 Å². The summed E-state index contributed by atoms with van der Waals surface area (Å²) < 4.78 is 0. The van der Waals surface area contributed by atoms with E-state index in [-0.39, 0.29) is 17.2 Å². The Labute approximate surface area is 165 Å². The Balaban J connectivity index is 5.51. The third-order valence-electron chi connectivity index (χ3n) is 3.31. The number of carbonyl (C=O) groups is 2. The van der Waals surface area contributed by atoms with Crippen molar-refractivity contribution in [2.45, 2.75) is 46.2 Å². The molecule has 0 fully saturated rings. The lowest BCUT2D eigenvalue weighted by Crippen LogP contribution is -2.51. The number of allylic oxidation sites excluding steroid dienone is 4. The van der Waals surface area contributed by atoms with E-state index in [9.17, 15) is 9.59 Å². The van der Waals surface area contributed by atoms with Crippen LogP contribution in [0.25, 0.3) is 0 Å². The molecule has 0 aliphatic carbocycles. The average molecular weight is 392 g/mol. The van der Waals surface area contributed by atoms with Crippen molar-refractivity contribution < 1.29 is 9.59 Å². The summed E-state index contributed by atoms with van der Waals surface area (Å²) in [6.07, 6.45) is 8.98. The second-order valence-electron chi connectivity index (χ2n) is 6.92. The first-order valence-electron chi connectivity index (χ1n) is 8.76. The maximum Gasteiger partial charge on any atom is 0.243 e. The fourth-order valence-electron chi connectivity index (χ4n) is 2.00. The van der Waals surface area contributed by atoms with E-state index in [4.69, 9.17) is 0 Å². The fraction of sp³-hybridized carbons (Fsp3) is 0.450. The normalized spacial score (nSPS) is 14.3. The molecule has 7 heteroatoms. The molecule has 0 bridgehead atoms. The molecule has 6 nitrogen and oxygen atoms in total. The molecule has 1 amide bonds. The van der Waals surface area contributed by atoms with Crippen molar-refractivity contribution in [3.8, 4) is 0 Å². The Kier molecular flexibility index (Phi) is 11.2. The van der Waals surface area contributed by atoms with Gasteiger partial charge in [-0.25, -0.2) is 0 Å². The van der Waals surface area contributed by atoms with Crippen molar-refractivity contribution in [1.82, 2.24) is 16.0 Å². The number of ketones is 1. The molecular formula is C20H33N4O2P. The van der Waals surface area contributed by atoms with Gasteiger partial charge in [0.1, 0.15) is 6.04 Å². The van der Waals surface area contributed by atoms with Gasteiger partial charge in [0.15, 0.2) is 5.78 Å². The van der Waals surface area contributed by atoms with Gasteiger partial charge in [0.2, 0.25) is 5.91 Å². The highest BCUT2D eigenvalue weighted by Crippen LogP contribution is 2.10. The summed E-state index contributed by atoms with van der Waals surface area (Å²) in [5, 5.41) is 9.17. The van der Waals surface area contributed by atoms with Crippen LogP contribution < -0.4 is 16.0 Å². The molecule has 0 heterocycles. The highest BCUT2D eigenvalue weighted by molar-refractivity contribution is 7.16. The first kappa shape index (κ1) is 24.8. The first-order chi connectivity index (χ1) is 12.6. The summed E-state index contributed by atoms with van der Waals surface area (Å²) in [6, 6.07) is -0.473. The molecule has 0 aromatic heterocycles. The van der Waals surface area contributed by atoms with Gasteiger partial charge in [-0.15, -0.1) is 9.24 Å². The Hall–Kier alpha value is -2.20. The van der Waals surface area contributed by atoms with Gasteiger partial charge in [-0.2, -0.15) is 0 Å². The van der Waals surface area contributed by atoms with Crippen LogP contribution in [0.5, 0.6) is 0 Å². The van der Waals surface area contributed by atoms with Gasteiger partial charge in [0.05, 0.1) is 11.4 Å². The van der Waals surface area contributed by atoms with E-state index >= 15 is 0 Å². The smallest absolute Gasteiger partial charge is 0.243 e. The van der Waals surface area contributed by atoms with Gasteiger partial charge in [-0.1, -0.05) is 12.7 Å². The maximum absolute atomic E-state index is 12.5. The van der Waals surface area contributed by atoms with Crippen molar-refractivity contribution in [3.63, 3.8) is 0 Å². The molecule has 2 atom stereocenters. The minimum Gasteiger partial charge on any atom is -0.372 e. The first-order valence-corrected chi connectivity index (χ1v) is 9.58. The van der Waals surface area contributed by atoms with E-state index in [1.165, 1.54) is 6.92 Å². The molecule has 3 N–H and O–H groups in total. The van der Waals surface area contributed by atoms with E-state index in [0.717, 1.165) is 0 Å². The van der Waals surface area contributed by atoms with Gasteiger partial charge in [0.25, 0.3) is 0 Å². The van der Waals surface area contributed by atoms with E-state index in [1.54, 1.807) is 44.6 Å². The van der Waals surface area contributed by atoms with Gasteiger partial charge >= 0.3 is 0 Å². The lowest BCUT2D eigenvalue weighted by Gasteiger charge is -2.26. The summed E-state index contributed by atoms with van der Waals surface area (Å²) in [5.41, 5.74) is 1.31. The average Bonchev–Trinajstić information content (AvgIpc) is 2.56. The molecule has 0 aromatic carbocycles. The van der Waals surface area contributed by atoms with Crippen LogP contribution in [0.2, 0.25) is 0 Å². The molecule has 150 valence electrons. The van der Waals surface area contributed by atoms with E-state index < -0.39 is 6.04 Å². The quantitative estimate of drug-likeness (QED) is 0.231. The zero-order valence-electron chi connectivity index (χ0n) is 17.2. The zero-order valence-corrected chi connectivity index (χ0v) is 18.4. The highest BCUT2D eigenvalue weighted by Gasteiger charge is 2.22. The van der Waals surface area contributed by atoms with Crippen LogP contribution in [0.15, 0.2) is 53.0 Å². The van der Waals surface area contributed by atoms with Gasteiger partial charge < -0.3 is 16.0 Å². The Bertz CT molecular complexity index is 655. The van der Waals surface area contributed by atoms with Crippen LogP contribution >= 0.6 is 9.24 Å². The third-order valence-corrected chi connectivity index (χ3v) is 3.78. The molecule has 0 spiro atoms. The largest absolute Gasteiger partial charge is 0.372 e. The second kappa shape index (κ2) is 12.2. The second-order valence-corrected chi connectivity index (χ2v) is 7.39. The Morgan fingerprint density at radius 2 is 1.93 bits per heavy atom. The highest BCUT2D eigenvalue weighted by atomic mass is 31.0. The summed E-state index contributed by atoms with van der Waals surface area (Å²) in [7, 11) is 4.24. The van der Waals surface area contributed by atoms with Crippen LogP contribution in [0.1, 0.15) is 34.6 Å². The predicted molar refractivity (Wildman–Crippen MR) is 118 cm³/mol. The summed E-state index contributed by atoms with van der Waals surface area (Å²) in [5.74, 6) is -0.179. The number of amides is 1. The van der Waals surface area contributed by atoms with Crippen LogP contribution in [-0.4, -0.2) is 42.7 Å². The number of aliphatic imine (C=N–C) groups is 1. The number of Topliss-reactive ketones (excluding diaryl/α,β-unsaturated/α-hetero) is 1. The SMILES string of the molecule is C=C(NC(CP)C(=O)NC(C)(C)C)/C(=C/C(=C/C)C(C)=O)N/C=C\C=NC. The number of carbonyl (C=O) groups excluding carboxylic acids is 2. The number of hydrogen-bond donors (Lipinski definition) is 3. The van der Waals surface area contributed by atoms with Gasteiger partial charge in [0, 0.05) is 30.6 Å². The summed E-state index contributed by atoms with van der Waals surface area (Å²) in [4.78, 5) is 28.1. The molecule has 2 unspecified atom stereocenters. The van der Waals surface area contributed by atoms with Crippen molar-refractivity contribution in [3.05, 3.63) is 48.0 Å². The number of nitrogens with one attached hydrogen (secondary N) is 3. The van der Waals surface area contributed by atoms with E-state index in [1.807, 2.05) is 20.8 Å². The molecule has 0 aromatic rings. The van der Waals surface area contributed by atoms with Crippen LogP contribution in [0.4, 0.5) is 0 Å². The van der Waals surface area contributed by atoms with Crippen molar-refractivity contribution >= 4 is 27.1 Å². The number of hydrogen-bond acceptors (Lipinski definition) is 5. The monoisotopic (exact) mass is 392 g/mol. The van der Waals surface area contributed by atoms with Gasteiger partial charge in [-0.05, 0) is 52.9 Å². The van der Waals surface area contributed by atoms with E-state index in [0.29, 0.717) is 23.1 Å². The standard InChI is InChI=1S/C20H33N4O2P/c1-8-16(15(3)25)12-17(22-11-9-10-21-7)14(2)23-18(13-27)19(26)24-20(4,5)6/h8-12,18,22-23H,2,13,27H2,1,3-7H3,(H,24,26)/b11-9-,16-8-,17-12-,21-10?. The van der Waals surface area contributed by atoms with Gasteiger partial charge in [-0.3, -0.25) is 14.6 Å². The van der Waals surface area contributed by atoms with Crippen molar-refractivity contribution in [2.24, 2.45) is 4.99 Å². The molecule has 0 radical (unpaired) electrons. The zero-order chi connectivity index (χ0) is 21.0. The summed E-state index contributed by atoms with van der Waals surface area (Å²) in [6.45, 7) is 13.1. The topological polar surface area (TPSA) is 82.6 Å². The molecule has 0 rings (SSSR count). The molecule has 0 aliphatic rings. The lowest BCUT2D eigenvalue weighted by atomic mass is 10.1. The van der Waals surface area contributed by atoms with Crippen LogP contribution in [0.3, 0.4) is 0 Å². The molecule has 27 heavy (non-hydrogen) atoms. The lowest BCUT2D eigenvalue weighted by molar-refractivity contribution is -0.123. The molecular weight excluding hydrogens is 359 g/mol.